The molecule has 1 unspecified atom stereocenters. The zero-order valence-electron chi connectivity index (χ0n) is 20.7. The van der Waals surface area contributed by atoms with Gasteiger partial charge in [-0.25, -0.2) is 5.01 Å². The predicted molar refractivity (Wildman–Crippen MR) is 141 cm³/mol. The molecule has 0 radical (unpaired) electrons. The van der Waals surface area contributed by atoms with Gasteiger partial charge in [-0.3, -0.25) is 9.59 Å². The lowest BCUT2D eigenvalue weighted by Crippen LogP contribution is -2.24. The average Bonchev–Trinajstić information content (AvgIpc) is 3.33. The number of rotatable bonds is 5. The number of benzene rings is 3. The van der Waals surface area contributed by atoms with Crippen LogP contribution in [-0.4, -0.2) is 35.8 Å². The van der Waals surface area contributed by atoms with Gasteiger partial charge < -0.3 is 14.5 Å². The van der Waals surface area contributed by atoms with E-state index in [9.17, 15) is 9.59 Å². The van der Waals surface area contributed by atoms with Crippen molar-refractivity contribution in [3.8, 4) is 22.6 Å². The standard InChI is InChI=1S/C29H27N3O4/c1-17-10-12-23-21(14-17)27(19-8-6-5-7-9-19)28(29(34)30-23)24-16-25(32(31-24)18(2)33)22-15-20(35-3)11-13-26(22)36-4/h5-15,25H,16H2,1-4H3,(H,30,34). The van der Waals surface area contributed by atoms with Crippen LogP contribution in [0.3, 0.4) is 0 Å². The Hall–Kier alpha value is -4.39. The van der Waals surface area contributed by atoms with Gasteiger partial charge in [-0.15, -0.1) is 0 Å². The number of fused-ring (bicyclic) bond motifs is 1. The predicted octanol–water partition coefficient (Wildman–Crippen LogP) is 5.22. The van der Waals surface area contributed by atoms with Gasteiger partial charge in [-0.2, -0.15) is 5.10 Å². The third-order valence-electron chi connectivity index (χ3n) is 6.55. The molecule has 182 valence electrons. The van der Waals surface area contributed by atoms with E-state index in [0.29, 0.717) is 29.2 Å². The van der Waals surface area contributed by atoms with Crippen LogP contribution in [0.5, 0.6) is 11.5 Å². The highest BCUT2D eigenvalue weighted by Gasteiger charge is 2.36. The number of aromatic nitrogens is 1. The Bertz CT molecular complexity index is 1560. The van der Waals surface area contributed by atoms with Gasteiger partial charge >= 0.3 is 0 Å². The van der Waals surface area contributed by atoms with Crippen molar-refractivity contribution in [1.82, 2.24) is 9.99 Å². The van der Waals surface area contributed by atoms with Crippen LogP contribution >= 0.6 is 0 Å². The van der Waals surface area contributed by atoms with Crippen molar-refractivity contribution in [1.29, 1.82) is 0 Å². The molecule has 2 heterocycles. The summed E-state index contributed by atoms with van der Waals surface area (Å²) in [6, 6.07) is 20.8. The maximum absolute atomic E-state index is 13.6. The molecular weight excluding hydrogens is 454 g/mol. The maximum atomic E-state index is 13.6. The molecule has 0 saturated carbocycles. The summed E-state index contributed by atoms with van der Waals surface area (Å²) in [6.45, 7) is 3.49. The molecule has 1 N–H and O–H groups in total. The number of aromatic amines is 1. The number of aryl methyl sites for hydroxylation is 1. The van der Waals surface area contributed by atoms with Gasteiger partial charge in [0.25, 0.3) is 5.56 Å². The van der Waals surface area contributed by atoms with E-state index in [-0.39, 0.29) is 11.5 Å². The molecule has 5 rings (SSSR count). The first-order valence-corrected chi connectivity index (χ1v) is 11.7. The number of methoxy groups -OCH3 is 2. The molecule has 36 heavy (non-hydrogen) atoms. The van der Waals surface area contributed by atoms with E-state index in [0.717, 1.165) is 33.2 Å². The van der Waals surface area contributed by atoms with E-state index < -0.39 is 6.04 Å². The maximum Gasteiger partial charge on any atom is 0.258 e. The van der Waals surface area contributed by atoms with Crippen molar-refractivity contribution in [2.24, 2.45) is 5.10 Å². The molecule has 0 spiro atoms. The average molecular weight is 482 g/mol. The Labute approximate surface area is 209 Å². The molecule has 3 aromatic carbocycles. The summed E-state index contributed by atoms with van der Waals surface area (Å²) in [4.78, 5) is 29.3. The topological polar surface area (TPSA) is 84.0 Å². The molecule has 0 bridgehead atoms. The monoisotopic (exact) mass is 481 g/mol. The van der Waals surface area contributed by atoms with E-state index in [1.54, 1.807) is 20.3 Å². The van der Waals surface area contributed by atoms with Crippen molar-refractivity contribution in [3.05, 3.63) is 93.8 Å². The number of carbonyl (C=O) groups excluding carboxylic acids is 1. The number of hydrogen-bond acceptors (Lipinski definition) is 5. The van der Waals surface area contributed by atoms with Crippen molar-refractivity contribution in [3.63, 3.8) is 0 Å². The Kier molecular flexibility index (Phi) is 6.06. The molecule has 1 aliphatic rings. The smallest absolute Gasteiger partial charge is 0.258 e. The molecule has 1 aliphatic heterocycles. The van der Waals surface area contributed by atoms with Crippen molar-refractivity contribution >= 4 is 22.5 Å². The summed E-state index contributed by atoms with van der Waals surface area (Å²) in [5.74, 6) is 1.04. The van der Waals surface area contributed by atoms with Crippen LogP contribution in [0.25, 0.3) is 22.0 Å². The molecule has 1 amide bonds. The number of pyridine rings is 1. The summed E-state index contributed by atoms with van der Waals surface area (Å²) >= 11 is 0. The number of H-pyrrole nitrogens is 1. The first kappa shape index (κ1) is 23.4. The number of hydrogen-bond donors (Lipinski definition) is 1. The minimum absolute atomic E-state index is 0.228. The number of carbonyl (C=O) groups is 1. The molecule has 0 aliphatic carbocycles. The number of amides is 1. The van der Waals surface area contributed by atoms with Crippen LogP contribution < -0.4 is 15.0 Å². The minimum atomic E-state index is -0.446. The molecule has 1 atom stereocenters. The first-order valence-electron chi connectivity index (χ1n) is 11.7. The van der Waals surface area contributed by atoms with Crippen LogP contribution in [0.1, 0.15) is 36.1 Å². The zero-order valence-corrected chi connectivity index (χ0v) is 20.7. The number of nitrogens with zero attached hydrogens (tertiary/aromatic N) is 2. The van der Waals surface area contributed by atoms with E-state index >= 15 is 0 Å². The quantitative estimate of drug-likeness (QED) is 0.424. The lowest BCUT2D eigenvalue weighted by molar-refractivity contribution is -0.130. The summed E-state index contributed by atoms with van der Waals surface area (Å²) < 4.78 is 11.0. The Balaban J connectivity index is 1.74. The highest BCUT2D eigenvalue weighted by Crippen LogP contribution is 2.41. The number of hydrazone groups is 1. The Morgan fingerprint density at radius 1 is 1.00 bits per heavy atom. The van der Waals surface area contributed by atoms with Gasteiger partial charge in [-0.1, -0.05) is 42.0 Å². The van der Waals surface area contributed by atoms with Crippen molar-refractivity contribution in [2.75, 3.05) is 14.2 Å². The lowest BCUT2D eigenvalue weighted by atomic mass is 9.90. The summed E-state index contributed by atoms with van der Waals surface area (Å²) in [7, 11) is 3.18. The van der Waals surface area contributed by atoms with Gasteiger partial charge in [0.15, 0.2) is 0 Å². The third kappa shape index (κ3) is 4.02. The second-order valence-electron chi connectivity index (χ2n) is 8.86. The fraction of sp³-hybridized carbons (Fsp3) is 0.207. The number of ether oxygens (including phenoxy) is 2. The molecule has 4 aromatic rings. The van der Waals surface area contributed by atoms with Gasteiger partial charge in [0.2, 0.25) is 5.91 Å². The third-order valence-corrected chi connectivity index (χ3v) is 6.55. The second-order valence-corrected chi connectivity index (χ2v) is 8.86. The van der Waals surface area contributed by atoms with E-state index in [1.165, 1.54) is 11.9 Å². The first-order chi connectivity index (χ1) is 17.4. The van der Waals surface area contributed by atoms with Crippen molar-refractivity contribution in [2.45, 2.75) is 26.3 Å². The van der Waals surface area contributed by atoms with E-state index in [1.807, 2.05) is 61.5 Å². The van der Waals surface area contributed by atoms with E-state index in [2.05, 4.69) is 11.1 Å². The summed E-state index contributed by atoms with van der Waals surface area (Å²) in [5.41, 5.74) is 5.08. The largest absolute Gasteiger partial charge is 0.497 e. The normalized spacial score (nSPS) is 15.2. The summed E-state index contributed by atoms with van der Waals surface area (Å²) in [6.07, 6.45) is 0.351. The fourth-order valence-electron chi connectivity index (χ4n) is 4.88. The van der Waals surface area contributed by atoms with Crippen molar-refractivity contribution < 1.29 is 14.3 Å². The van der Waals surface area contributed by atoms with Crippen LogP contribution in [0.4, 0.5) is 0 Å². The van der Waals surface area contributed by atoms with Crippen LogP contribution in [0.15, 0.2) is 76.6 Å². The highest BCUT2D eigenvalue weighted by molar-refractivity contribution is 6.13. The Morgan fingerprint density at radius 3 is 2.47 bits per heavy atom. The fourth-order valence-corrected chi connectivity index (χ4v) is 4.88. The molecule has 7 nitrogen and oxygen atoms in total. The van der Waals surface area contributed by atoms with Gasteiger partial charge in [-0.05, 0) is 42.8 Å². The summed E-state index contributed by atoms with van der Waals surface area (Å²) in [5, 5.41) is 7.06. The SMILES string of the molecule is COc1ccc(OC)c(C2CC(c3c(-c4ccccc4)c4cc(C)ccc4[nH]c3=O)=NN2C(C)=O)c1. The molecule has 0 saturated heterocycles. The molecule has 0 fully saturated rings. The highest BCUT2D eigenvalue weighted by atomic mass is 16.5. The second kappa shape index (κ2) is 9.34. The molecule has 1 aromatic heterocycles. The number of nitrogens with one attached hydrogen (secondary N) is 1. The zero-order chi connectivity index (χ0) is 25.4. The van der Waals surface area contributed by atoms with Gasteiger partial charge in [0.1, 0.15) is 11.5 Å². The molecular formula is C29H27N3O4. The van der Waals surface area contributed by atoms with Crippen LogP contribution in [-0.2, 0) is 4.79 Å². The van der Waals surface area contributed by atoms with Gasteiger partial charge in [0.05, 0.1) is 31.5 Å². The Morgan fingerprint density at radius 2 is 1.78 bits per heavy atom. The van der Waals surface area contributed by atoms with Crippen LogP contribution in [0.2, 0.25) is 0 Å². The van der Waals surface area contributed by atoms with E-state index in [4.69, 9.17) is 14.6 Å². The lowest BCUT2D eigenvalue weighted by Gasteiger charge is -2.23. The van der Waals surface area contributed by atoms with Gasteiger partial charge in [0, 0.05) is 35.4 Å². The minimum Gasteiger partial charge on any atom is -0.497 e. The van der Waals surface area contributed by atoms with Crippen LogP contribution in [0, 0.1) is 6.92 Å². The molecule has 7 heteroatoms.